The van der Waals surface area contributed by atoms with E-state index in [1.807, 2.05) is 38.1 Å². The van der Waals surface area contributed by atoms with Gasteiger partial charge in [-0.25, -0.2) is 0 Å². The Hall–Kier alpha value is -1.25. The molecule has 0 saturated carbocycles. The van der Waals surface area contributed by atoms with Crippen molar-refractivity contribution < 1.29 is 4.42 Å². The molecule has 0 aliphatic heterocycles. The van der Waals surface area contributed by atoms with E-state index >= 15 is 0 Å². The van der Waals surface area contributed by atoms with E-state index in [1.54, 1.807) is 0 Å². The minimum absolute atomic E-state index is 0.422. The number of benzene rings is 1. The molecule has 0 saturated heterocycles. The van der Waals surface area contributed by atoms with Crippen LogP contribution in [0.3, 0.4) is 0 Å². The standard InChI is InChI=1S/C13H14ClNO/c1-8-6-12(14)9(2)5-11(8)13-4-3-10(7-15)16-13/h3-6H,7,15H2,1-2H3. The lowest BCUT2D eigenvalue weighted by Crippen LogP contribution is -1.92. The average Bonchev–Trinajstić information content (AvgIpc) is 2.71. The van der Waals surface area contributed by atoms with Crippen LogP contribution in [0.4, 0.5) is 0 Å². The highest BCUT2D eigenvalue weighted by molar-refractivity contribution is 6.31. The fraction of sp³-hybridized carbons (Fsp3) is 0.231. The number of nitrogens with two attached hydrogens (primary N) is 1. The maximum Gasteiger partial charge on any atom is 0.134 e. The number of hydrogen-bond donors (Lipinski definition) is 1. The quantitative estimate of drug-likeness (QED) is 0.863. The van der Waals surface area contributed by atoms with Crippen LogP contribution >= 0.6 is 11.6 Å². The van der Waals surface area contributed by atoms with Crippen LogP contribution in [-0.2, 0) is 6.54 Å². The molecule has 16 heavy (non-hydrogen) atoms. The lowest BCUT2D eigenvalue weighted by molar-refractivity contribution is 0.525. The molecule has 2 nitrogen and oxygen atoms in total. The number of halogens is 1. The second kappa shape index (κ2) is 4.32. The van der Waals surface area contributed by atoms with E-state index in [1.165, 1.54) is 0 Å². The Morgan fingerprint density at radius 1 is 1.19 bits per heavy atom. The Morgan fingerprint density at radius 3 is 2.56 bits per heavy atom. The van der Waals surface area contributed by atoms with Crippen molar-refractivity contribution in [3.05, 3.63) is 46.2 Å². The molecule has 3 heteroatoms. The van der Waals surface area contributed by atoms with Gasteiger partial charge in [-0.15, -0.1) is 0 Å². The predicted octanol–water partition coefficient (Wildman–Crippen LogP) is 3.68. The molecule has 2 N–H and O–H groups in total. The van der Waals surface area contributed by atoms with Crippen molar-refractivity contribution in [1.29, 1.82) is 0 Å². The summed E-state index contributed by atoms with van der Waals surface area (Å²) in [6.07, 6.45) is 0. The van der Waals surface area contributed by atoms with Gasteiger partial charge in [-0.05, 0) is 49.2 Å². The van der Waals surface area contributed by atoms with Gasteiger partial charge in [0.15, 0.2) is 0 Å². The first-order valence-corrected chi connectivity index (χ1v) is 5.55. The molecular formula is C13H14ClNO. The summed E-state index contributed by atoms with van der Waals surface area (Å²) in [6, 6.07) is 7.84. The van der Waals surface area contributed by atoms with E-state index in [-0.39, 0.29) is 0 Å². The summed E-state index contributed by atoms with van der Waals surface area (Å²) in [5, 5.41) is 0.784. The number of rotatable bonds is 2. The van der Waals surface area contributed by atoms with Crippen LogP contribution in [-0.4, -0.2) is 0 Å². The van der Waals surface area contributed by atoms with E-state index in [9.17, 15) is 0 Å². The van der Waals surface area contributed by atoms with Crippen LogP contribution in [0.2, 0.25) is 5.02 Å². The number of hydrogen-bond acceptors (Lipinski definition) is 2. The van der Waals surface area contributed by atoms with Gasteiger partial charge < -0.3 is 10.2 Å². The Balaban J connectivity index is 2.51. The third kappa shape index (κ3) is 1.99. The van der Waals surface area contributed by atoms with E-state index in [2.05, 4.69) is 0 Å². The summed E-state index contributed by atoms with van der Waals surface area (Å²) in [7, 11) is 0. The van der Waals surface area contributed by atoms with Gasteiger partial charge in [0, 0.05) is 10.6 Å². The summed E-state index contributed by atoms with van der Waals surface area (Å²) >= 11 is 6.06. The minimum atomic E-state index is 0.422. The molecule has 1 aromatic carbocycles. The first-order chi connectivity index (χ1) is 7.61. The highest BCUT2D eigenvalue weighted by atomic mass is 35.5. The molecule has 0 spiro atoms. The molecule has 84 valence electrons. The molecule has 0 atom stereocenters. The first kappa shape index (κ1) is 11.2. The second-order valence-corrected chi connectivity index (χ2v) is 4.29. The van der Waals surface area contributed by atoms with Crippen LogP contribution in [0.5, 0.6) is 0 Å². The van der Waals surface area contributed by atoms with Crippen molar-refractivity contribution in [1.82, 2.24) is 0 Å². The maximum absolute atomic E-state index is 6.06. The van der Waals surface area contributed by atoms with E-state index < -0.39 is 0 Å². The molecule has 2 rings (SSSR count). The SMILES string of the molecule is Cc1cc(-c2ccc(CN)o2)c(C)cc1Cl. The minimum Gasteiger partial charge on any atom is -0.460 e. The lowest BCUT2D eigenvalue weighted by Gasteiger charge is -2.06. The Bertz CT molecular complexity index is 517. The van der Waals surface area contributed by atoms with Gasteiger partial charge in [0.25, 0.3) is 0 Å². The summed E-state index contributed by atoms with van der Waals surface area (Å²) < 4.78 is 5.63. The highest BCUT2D eigenvalue weighted by Gasteiger charge is 2.09. The van der Waals surface area contributed by atoms with Crippen LogP contribution in [0, 0.1) is 13.8 Å². The smallest absolute Gasteiger partial charge is 0.134 e. The lowest BCUT2D eigenvalue weighted by atomic mass is 10.0. The summed E-state index contributed by atoms with van der Waals surface area (Å²) in [5.74, 6) is 1.64. The van der Waals surface area contributed by atoms with Crippen molar-refractivity contribution in [2.75, 3.05) is 0 Å². The highest BCUT2D eigenvalue weighted by Crippen LogP contribution is 2.29. The molecule has 2 aromatic rings. The van der Waals surface area contributed by atoms with Crippen molar-refractivity contribution in [2.45, 2.75) is 20.4 Å². The molecule has 1 heterocycles. The maximum atomic E-state index is 6.06. The molecule has 0 unspecified atom stereocenters. The summed E-state index contributed by atoms with van der Waals surface area (Å²) in [6.45, 7) is 4.43. The third-order valence-electron chi connectivity index (χ3n) is 2.63. The Labute approximate surface area is 100 Å². The van der Waals surface area contributed by atoms with Gasteiger partial charge in [0.1, 0.15) is 11.5 Å². The van der Waals surface area contributed by atoms with Crippen molar-refractivity contribution in [2.24, 2.45) is 5.73 Å². The van der Waals surface area contributed by atoms with Gasteiger partial charge >= 0.3 is 0 Å². The average molecular weight is 236 g/mol. The number of furan rings is 1. The van der Waals surface area contributed by atoms with Gasteiger partial charge in [-0.3, -0.25) is 0 Å². The zero-order valence-corrected chi connectivity index (χ0v) is 10.1. The largest absolute Gasteiger partial charge is 0.460 e. The fourth-order valence-corrected chi connectivity index (χ4v) is 1.90. The van der Waals surface area contributed by atoms with E-state index in [4.69, 9.17) is 21.8 Å². The van der Waals surface area contributed by atoms with Crippen LogP contribution < -0.4 is 5.73 Å². The van der Waals surface area contributed by atoms with Gasteiger partial charge in [-0.1, -0.05) is 11.6 Å². The monoisotopic (exact) mass is 235 g/mol. The zero-order chi connectivity index (χ0) is 11.7. The van der Waals surface area contributed by atoms with Crippen LogP contribution in [0.15, 0.2) is 28.7 Å². The first-order valence-electron chi connectivity index (χ1n) is 5.17. The van der Waals surface area contributed by atoms with Crippen molar-refractivity contribution in [3.8, 4) is 11.3 Å². The molecule has 0 bridgehead atoms. The van der Waals surface area contributed by atoms with E-state index in [0.717, 1.165) is 33.2 Å². The van der Waals surface area contributed by atoms with Crippen LogP contribution in [0.1, 0.15) is 16.9 Å². The van der Waals surface area contributed by atoms with Gasteiger partial charge in [-0.2, -0.15) is 0 Å². The predicted molar refractivity (Wildman–Crippen MR) is 66.5 cm³/mol. The molecule has 0 amide bonds. The topological polar surface area (TPSA) is 39.2 Å². The van der Waals surface area contributed by atoms with Crippen molar-refractivity contribution in [3.63, 3.8) is 0 Å². The molecule has 0 radical (unpaired) electrons. The molecule has 0 fully saturated rings. The molecule has 1 aromatic heterocycles. The fourth-order valence-electron chi connectivity index (χ4n) is 1.68. The normalized spacial score (nSPS) is 10.8. The number of aryl methyl sites for hydroxylation is 2. The zero-order valence-electron chi connectivity index (χ0n) is 9.38. The second-order valence-electron chi connectivity index (χ2n) is 3.89. The van der Waals surface area contributed by atoms with Gasteiger partial charge in [0.2, 0.25) is 0 Å². The van der Waals surface area contributed by atoms with E-state index in [0.29, 0.717) is 6.54 Å². The van der Waals surface area contributed by atoms with Crippen molar-refractivity contribution >= 4 is 11.6 Å². The Morgan fingerprint density at radius 2 is 1.94 bits per heavy atom. The van der Waals surface area contributed by atoms with Gasteiger partial charge in [0.05, 0.1) is 6.54 Å². The molecular weight excluding hydrogens is 222 g/mol. The Kier molecular flexibility index (Phi) is 3.03. The molecule has 0 aliphatic rings. The summed E-state index contributed by atoms with van der Waals surface area (Å²) in [4.78, 5) is 0. The third-order valence-corrected chi connectivity index (χ3v) is 3.04. The van der Waals surface area contributed by atoms with Crippen LogP contribution in [0.25, 0.3) is 11.3 Å². The summed E-state index contributed by atoms with van der Waals surface area (Å²) in [5.41, 5.74) is 8.74. The molecule has 0 aliphatic carbocycles.